The van der Waals surface area contributed by atoms with Crippen molar-refractivity contribution >= 4 is 21.8 Å². The second-order valence-electron chi connectivity index (χ2n) is 4.48. The molecule has 0 aliphatic carbocycles. The minimum Gasteiger partial charge on any atom is -0.381 e. The topological polar surface area (TPSA) is 29.5 Å². The van der Waals surface area contributed by atoms with E-state index in [1.807, 2.05) is 4.90 Å². The van der Waals surface area contributed by atoms with Crippen LogP contribution in [0.1, 0.15) is 19.3 Å². The highest BCUT2D eigenvalue weighted by Gasteiger charge is 2.32. The van der Waals surface area contributed by atoms with Crippen molar-refractivity contribution in [1.82, 2.24) is 4.90 Å². The summed E-state index contributed by atoms with van der Waals surface area (Å²) in [6.45, 7) is 3.31. The molecule has 86 valence electrons. The van der Waals surface area contributed by atoms with Crippen molar-refractivity contribution in [3.05, 3.63) is 0 Å². The molecule has 4 heteroatoms. The molecule has 3 nitrogen and oxygen atoms in total. The molecule has 2 aliphatic heterocycles. The van der Waals surface area contributed by atoms with Gasteiger partial charge in [-0.25, -0.2) is 0 Å². The van der Waals surface area contributed by atoms with Gasteiger partial charge in [0.2, 0.25) is 5.91 Å². The van der Waals surface area contributed by atoms with Crippen LogP contribution in [0.4, 0.5) is 0 Å². The Hall–Kier alpha value is -0.0900. The van der Waals surface area contributed by atoms with Gasteiger partial charge in [-0.1, -0.05) is 15.9 Å². The number of ether oxygens (including phenoxy) is 1. The number of hydrogen-bond acceptors (Lipinski definition) is 2. The summed E-state index contributed by atoms with van der Waals surface area (Å²) < 4.78 is 5.26. The Kier molecular flexibility index (Phi) is 4.03. The van der Waals surface area contributed by atoms with E-state index in [1.165, 1.54) is 12.8 Å². The molecule has 2 saturated heterocycles. The van der Waals surface area contributed by atoms with Crippen molar-refractivity contribution in [2.75, 3.05) is 31.6 Å². The fourth-order valence-corrected chi connectivity index (χ4v) is 3.06. The molecule has 15 heavy (non-hydrogen) atoms. The molecule has 1 amide bonds. The first kappa shape index (κ1) is 11.4. The quantitative estimate of drug-likeness (QED) is 0.734. The van der Waals surface area contributed by atoms with Crippen molar-refractivity contribution in [2.24, 2.45) is 11.8 Å². The number of rotatable bonds is 3. The van der Waals surface area contributed by atoms with Gasteiger partial charge in [-0.05, 0) is 25.2 Å². The first-order valence-corrected chi connectivity index (χ1v) is 6.86. The molecule has 2 atom stereocenters. The molecule has 2 unspecified atom stereocenters. The largest absolute Gasteiger partial charge is 0.381 e. The van der Waals surface area contributed by atoms with Crippen molar-refractivity contribution < 1.29 is 9.53 Å². The monoisotopic (exact) mass is 275 g/mol. The fourth-order valence-electron chi connectivity index (χ4n) is 2.41. The zero-order valence-corrected chi connectivity index (χ0v) is 10.5. The van der Waals surface area contributed by atoms with Gasteiger partial charge in [0.15, 0.2) is 0 Å². The Morgan fingerprint density at radius 1 is 1.47 bits per heavy atom. The number of carbonyl (C=O) groups excluding carboxylic acids is 1. The standard InChI is InChI=1S/C11H18BrNO2/c12-4-1-9-2-5-13(7-9)11(14)10-3-6-15-8-10/h9-10H,1-8H2. The number of amides is 1. The maximum absolute atomic E-state index is 12.0. The van der Waals surface area contributed by atoms with Crippen LogP contribution in [0.5, 0.6) is 0 Å². The van der Waals surface area contributed by atoms with E-state index >= 15 is 0 Å². The molecule has 2 aliphatic rings. The highest BCUT2D eigenvalue weighted by molar-refractivity contribution is 9.09. The lowest BCUT2D eigenvalue weighted by Gasteiger charge is -2.19. The molecule has 2 fully saturated rings. The van der Waals surface area contributed by atoms with E-state index in [2.05, 4.69) is 15.9 Å². The highest BCUT2D eigenvalue weighted by Crippen LogP contribution is 2.24. The van der Waals surface area contributed by atoms with Crippen molar-refractivity contribution in [1.29, 1.82) is 0 Å². The summed E-state index contributed by atoms with van der Waals surface area (Å²) in [5.41, 5.74) is 0. The molecule has 0 bridgehead atoms. The van der Waals surface area contributed by atoms with Gasteiger partial charge in [0.1, 0.15) is 0 Å². The van der Waals surface area contributed by atoms with E-state index in [9.17, 15) is 4.79 Å². The van der Waals surface area contributed by atoms with Crippen LogP contribution >= 0.6 is 15.9 Å². The number of alkyl halides is 1. The molecule has 0 N–H and O–H groups in total. The first-order valence-electron chi connectivity index (χ1n) is 5.73. The van der Waals surface area contributed by atoms with E-state index in [1.54, 1.807) is 0 Å². The van der Waals surface area contributed by atoms with Gasteiger partial charge in [0.25, 0.3) is 0 Å². The Bertz CT molecular complexity index is 229. The SMILES string of the molecule is O=C(C1CCOC1)N1CCC(CCBr)C1. The number of likely N-dealkylation sites (tertiary alicyclic amines) is 1. The summed E-state index contributed by atoms with van der Waals surface area (Å²) in [4.78, 5) is 14.1. The van der Waals surface area contributed by atoms with Gasteiger partial charge in [0.05, 0.1) is 12.5 Å². The summed E-state index contributed by atoms with van der Waals surface area (Å²) in [6.07, 6.45) is 3.27. The van der Waals surface area contributed by atoms with E-state index in [4.69, 9.17) is 4.74 Å². The Balaban J connectivity index is 1.81. The van der Waals surface area contributed by atoms with Gasteiger partial charge in [0, 0.05) is 25.0 Å². The van der Waals surface area contributed by atoms with Gasteiger partial charge >= 0.3 is 0 Å². The first-order chi connectivity index (χ1) is 7.31. The van der Waals surface area contributed by atoms with Crippen molar-refractivity contribution in [3.8, 4) is 0 Å². The molecular formula is C11H18BrNO2. The summed E-state index contributed by atoms with van der Waals surface area (Å²) in [5.74, 6) is 1.17. The lowest BCUT2D eigenvalue weighted by Crippen LogP contribution is -2.34. The van der Waals surface area contributed by atoms with Crippen LogP contribution in [0, 0.1) is 11.8 Å². The zero-order chi connectivity index (χ0) is 10.7. The zero-order valence-electron chi connectivity index (χ0n) is 8.95. The Labute approximate surface area is 99.3 Å². The van der Waals surface area contributed by atoms with E-state index in [0.29, 0.717) is 18.4 Å². The molecule has 0 aromatic rings. The number of carbonyl (C=O) groups is 1. The highest BCUT2D eigenvalue weighted by atomic mass is 79.9. The van der Waals surface area contributed by atoms with Crippen LogP contribution in [0.2, 0.25) is 0 Å². The maximum atomic E-state index is 12.0. The maximum Gasteiger partial charge on any atom is 0.228 e. The summed E-state index contributed by atoms with van der Waals surface area (Å²) in [5, 5.41) is 1.05. The second-order valence-corrected chi connectivity index (χ2v) is 5.27. The summed E-state index contributed by atoms with van der Waals surface area (Å²) in [6, 6.07) is 0. The summed E-state index contributed by atoms with van der Waals surface area (Å²) >= 11 is 3.46. The van der Waals surface area contributed by atoms with Gasteiger partial charge in [-0.3, -0.25) is 4.79 Å². The molecule has 0 spiro atoms. The van der Waals surface area contributed by atoms with Crippen LogP contribution in [0.15, 0.2) is 0 Å². The van der Waals surface area contributed by atoms with Gasteiger partial charge < -0.3 is 9.64 Å². The average Bonchev–Trinajstić information content (AvgIpc) is 2.87. The van der Waals surface area contributed by atoms with Crippen molar-refractivity contribution in [3.63, 3.8) is 0 Å². The van der Waals surface area contributed by atoms with Crippen LogP contribution < -0.4 is 0 Å². The number of nitrogens with zero attached hydrogens (tertiary/aromatic N) is 1. The van der Waals surface area contributed by atoms with E-state index < -0.39 is 0 Å². The van der Waals surface area contributed by atoms with Gasteiger partial charge in [-0.15, -0.1) is 0 Å². The minimum absolute atomic E-state index is 0.146. The third-order valence-electron chi connectivity index (χ3n) is 3.39. The average molecular weight is 276 g/mol. The Morgan fingerprint density at radius 2 is 2.33 bits per heavy atom. The van der Waals surface area contributed by atoms with Crippen molar-refractivity contribution in [2.45, 2.75) is 19.3 Å². The molecule has 0 aromatic carbocycles. The molecule has 2 heterocycles. The van der Waals surface area contributed by atoms with Crippen LogP contribution in [0.3, 0.4) is 0 Å². The summed E-state index contributed by atoms with van der Waals surface area (Å²) in [7, 11) is 0. The lowest BCUT2D eigenvalue weighted by molar-refractivity contribution is -0.134. The molecule has 0 aromatic heterocycles. The smallest absolute Gasteiger partial charge is 0.228 e. The lowest BCUT2D eigenvalue weighted by atomic mass is 10.1. The van der Waals surface area contributed by atoms with E-state index in [-0.39, 0.29) is 5.92 Å². The predicted molar refractivity (Wildman–Crippen MR) is 62.0 cm³/mol. The second kappa shape index (κ2) is 5.30. The molecular weight excluding hydrogens is 258 g/mol. The minimum atomic E-state index is 0.146. The van der Waals surface area contributed by atoms with Crippen LogP contribution in [0.25, 0.3) is 0 Å². The molecule has 0 radical (unpaired) electrons. The van der Waals surface area contributed by atoms with Crippen LogP contribution in [-0.4, -0.2) is 42.4 Å². The molecule has 2 rings (SSSR count). The third kappa shape index (κ3) is 2.72. The van der Waals surface area contributed by atoms with Crippen LogP contribution in [-0.2, 0) is 9.53 Å². The molecule has 0 saturated carbocycles. The number of hydrogen-bond donors (Lipinski definition) is 0. The van der Waals surface area contributed by atoms with E-state index in [0.717, 1.165) is 31.4 Å². The Morgan fingerprint density at radius 3 is 3.00 bits per heavy atom. The predicted octanol–water partition coefficient (Wildman–Crippen LogP) is 1.66. The van der Waals surface area contributed by atoms with Gasteiger partial charge in [-0.2, -0.15) is 0 Å². The number of halogens is 1. The fraction of sp³-hybridized carbons (Fsp3) is 0.909. The normalized spacial score (nSPS) is 31.1. The third-order valence-corrected chi connectivity index (χ3v) is 3.85.